The zero-order valence-corrected chi connectivity index (χ0v) is 13.3. The molecule has 0 saturated carbocycles. The van der Waals surface area contributed by atoms with Gasteiger partial charge in [0, 0.05) is 13.1 Å². The summed E-state index contributed by atoms with van der Waals surface area (Å²) in [6.45, 7) is 5.13. The molecule has 0 spiro atoms. The lowest BCUT2D eigenvalue weighted by Gasteiger charge is -2.22. The number of halogens is 1. The Kier molecular flexibility index (Phi) is 8.18. The highest BCUT2D eigenvalue weighted by Crippen LogP contribution is 2.07. The molecule has 0 aliphatic heterocycles. The molecule has 0 heterocycles. The minimum absolute atomic E-state index is 0.0515. The Morgan fingerprint density at radius 1 is 1.14 bits per heavy atom. The monoisotopic (exact) mass is 309 g/mol. The molecule has 1 rings (SSSR count). The van der Waals surface area contributed by atoms with Gasteiger partial charge in [0.05, 0.1) is 19.4 Å². The number of carbonyl (C=O) groups is 2. The predicted molar refractivity (Wildman–Crippen MR) is 82.8 cm³/mol. The van der Waals surface area contributed by atoms with Crippen LogP contribution >= 0.6 is 0 Å². The maximum absolute atomic E-state index is 12.9. The van der Waals surface area contributed by atoms with Gasteiger partial charge >= 0.3 is 5.97 Å². The summed E-state index contributed by atoms with van der Waals surface area (Å²) in [4.78, 5) is 25.5. The highest BCUT2D eigenvalue weighted by Gasteiger charge is 2.15. The van der Waals surface area contributed by atoms with Crippen LogP contribution in [0.2, 0.25) is 0 Å². The number of esters is 1. The summed E-state index contributed by atoms with van der Waals surface area (Å²) < 4.78 is 17.8. The average Bonchev–Trinajstić information content (AvgIpc) is 2.50. The van der Waals surface area contributed by atoms with Crippen molar-refractivity contribution in [1.29, 1.82) is 0 Å². The Balaban J connectivity index is 2.58. The summed E-state index contributed by atoms with van der Waals surface area (Å²) in [5.41, 5.74) is 0.768. The molecule has 0 unspecified atom stereocenters. The van der Waals surface area contributed by atoms with Crippen molar-refractivity contribution in [2.75, 3.05) is 19.7 Å². The average molecular weight is 309 g/mol. The van der Waals surface area contributed by atoms with Crippen LogP contribution in [-0.4, -0.2) is 36.5 Å². The van der Waals surface area contributed by atoms with Gasteiger partial charge in [0.25, 0.3) is 0 Å². The highest BCUT2D eigenvalue weighted by molar-refractivity contribution is 5.79. The first-order chi connectivity index (χ1) is 10.6. The molecule has 1 aromatic rings. The molecule has 1 amide bonds. The van der Waals surface area contributed by atoms with E-state index in [9.17, 15) is 14.0 Å². The van der Waals surface area contributed by atoms with Crippen LogP contribution in [0.15, 0.2) is 24.3 Å². The van der Waals surface area contributed by atoms with Gasteiger partial charge in [-0.15, -0.1) is 0 Å². The van der Waals surface area contributed by atoms with Crippen molar-refractivity contribution in [2.45, 2.75) is 39.5 Å². The summed E-state index contributed by atoms with van der Waals surface area (Å²) >= 11 is 0. The number of carbonyl (C=O) groups excluding carboxylic acids is 2. The normalized spacial score (nSPS) is 10.3. The number of rotatable bonds is 9. The number of benzene rings is 1. The second kappa shape index (κ2) is 9.92. The zero-order chi connectivity index (χ0) is 16.4. The van der Waals surface area contributed by atoms with E-state index in [1.807, 2.05) is 6.92 Å². The smallest absolute Gasteiger partial charge is 0.307 e. The summed E-state index contributed by atoms with van der Waals surface area (Å²) in [6, 6.07) is 5.91. The Bertz CT molecular complexity index is 473. The molecule has 0 radical (unpaired) electrons. The minimum Gasteiger partial charge on any atom is -0.466 e. The Labute approximate surface area is 131 Å². The van der Waals surface area contributed by atoms with Crippen molar-refractivity contribution in [3.63, 3.8) is 0 Å². The van der Waals surface area contributed by atoms with E-state index >= 15 is 0 Å². The van der Waals surface area contributed by atoms with E-state index in [1.54, 1.807) is 24.0 Å². The van der Waals surface area contributed by atoms with Crippen molar-refractivity contribution >= 4 is 11.9 Å². The first-order valence-electron chi connectivity index (χ1n) is 7.74. The summed E-state index contributed by atoms with van der Waals surface area (Å²) in [5, 5.41) is 0. The Morgan fingerprint density at radius 3 is 2.41 bits per heavy atom. The summed E-state index contributed by atoms with van der Waals surface area (Å²) in [7, 11) is 0. The van der Waals surface area contributed by atoms with Crippen LogP contribution in [0.5, 0.6) is 0 Å². The van der Waals surface area contributed by atoms with Crippen molar-refractivity contribution in [2.24, 2.45) is 0 Å². The van der Waals surface area contributed by atoms with Crippen molar-refractivity contribution in [3.8, 4) is 0 Å². The fourth-order valence-electron chi connectivity index (χ4n) is 2.06. The maximum Gasteiger partial charge on any atom is 0.307 e. The third-order valence-corrected chi connectivity index (χ3v) is 3.29. The fourth-order valence-corrected chi connectivity index (χ4v) is 2.06. The fraction of sp³-hybridized carbons (Fsp3) is 0.529. The number of hydrogen-bond acceptors (Lipinski definition) is 3. The molecule has 0 saturated heterocycles. The molecule has 0 bridgehead atoms. The Hall–Kier alpha value is -1.91. The van der Waals surface area contributed by atoms with Crippen molar-refractivity contribution in [3.05, 3.63) is 35.6 Å². The van der Waals surface area contributed by atoms with Gasteiger partial charge in [0.15, 0.2) is 0 Å². The summed E-state index contributed by atoms with van der Waals surface area (Å²) in [5.74, 6) is -0.663. The quantitative estimate of drug-likeness (QED) is 0.659. The van der Waals surface area contributed by atoms with E-state index < -0.39 is 0 Å². The lowest BCUT2D eigenvalue weighted by Crippen LogP contribution is -2.35. The number of ether oxygens (including phenoxy) is 1. The SMILES string of the molecule is CCCCN(CCC(=O)OCC)C(=O)Cc1ccc(F)cc1. The third-order valence-electron chi connectivity index (χ3n) is 3.29. The van der Waals surface area contributed by atoms with E-state index in [2.05, 4.69) is 0 Å². The molecule has 22 heavy (non-hydrogen) atoms. The molecule has 4 nitrogen and oxygen atoms in total. The van der Waals surface area contributed by atoms with Gasteiger partial charge in [-0.2, -0.15) is 0 Å². The first-order valence-corrected chi connectivity index (χ1v) is 7.74. The molecule has 0 aromatic heterocycles. The van der Waals surface area contributed by atoms with Crippen LogP contribution in [0.4, 0.5) is 4.39 Å². The number of unbranched alkanes of at least 4 members (excludes halogenated alkanes) is 1. The van der Waals surface area contributed by atoms with Crippen LogP contribution in [0.1, 0.15) is 38.7 Å². The standard InChI is InChI=1S/C17H24FNO3/c1-3-5-11-19(12-10-17(21)22-4-2)16(20)13-14-6-8-15(18)9-7-14/h6-9H,3-5,10-13H2,1-2H3. The largest absolute Gasteiger partial charge is 0.466 e. The number of amides is 1. The molecule has 0 aliphatic rings. The van der Waals surface area contributed by atoms with Crippen LogP contribution in [-0.2, 0) is 20.7 Å². The van der Waals surface area contributed by atoms with Crippen LogP contribution in [0.3, 0.4) is 0 Å². The van der Waals surface area contributed by atoms with Gasteiger partial charge < -0.3 is 9.64 Å². The van der Waals surface area contributed by atoms with Crippen LogP contribution in [0.25, 0.3) is 0 Å². The molecule has 1 aromatic carbocycles. The van der Waals surface area contributed by atoms with E-state index in [-0.39, 0.29) is 30.5 Å². The van der Waals surface area contributed by atoms with E-state index in [0.717, 1.165) is 18.4 Å². The van der Waals surface area contributed by atoms with E-state index in [0.29, 0.717) is 19.7 Å². The van der Waals surface area contributed by atoms with Gasteiger partial charge in [-0.1, -0.05) is 25.5 Å². The van der Waals surface area contributed by atoms with Gasteiger partial charge in [0.2, 0.25) is 5.91 Å². The molecule has 0 aliphatic carbocycles. The maximum atomic E-state index is 12.9. The van der Waals surface area contributed by atoms with Gasteiger partial charge in [-0.3, -0.25) is 9.59 Å². The van der Waals surface area contributed by atoms with E-state index in [1.165, 1.54) is 12.1 Å². The van der Waals surface area contributed by atoms with Crippen molar-refractivity contribution < 1.29 is 18.7 Å². The molecule has 5 heteroatoms. The summed E-state index contributed by atoms with van der Waals surface area (Å²) in [6.07, 6.45) is 2.28. The van der Waals surface area contributed by atoms with Crippen LogP contribution < -0.4 is 0 Å². The van der Waals surface area contributed by atoms with Gasteiger partial charge in [-0.25, -0.2) is 4.39 Å². The molecule has 0 fully saturated rings. The first kappa shape index (κ1) is 18.1. The number of hydrogen-bond donors (Lipinski definition) is 0. The second-order valence-electron chi connectivity index (χ2n) is 5.09. The second-order valence-corrected chi connectivity index (χ2v) is 5.09. The molecular formula is C17H24FNO3. The molecule has 122 valence electrons. The van der Waals surface area contributed by atoms with Gasteiger partial charge in [0.1, 0.15) is 5.82 Å². The van der Waals surface area contributed by atoms with Gasteiger partial charge in [-0.05, 0) is 31.0 Å². The predicted octanol–water partition coefficient (Wildman–Crippen LogP) is 2.95. The van der Waals surface area contributed by atoms with E-state index in [4.69, 9.17) is 4.74 Å². The lowest BCUT2D eigenvalue weighted by atomic mass is 10.1. The molecule has 0 N–H and O–H groups in total. The zero-order valence-electron chi connectivity index (χ0n) is 13.3. The van der Waals surface area contributed by atoms with Crippen LogP contribution in [0, 0.1) is 5.82 Å². The molecule has 0 atom stereocenters. The highest BCUT2D eigenvalue weighted by atomic mass is 19.1. The topological polar surface area (TPSA) is 46.6 Å². The number of nitrogens with zero attached hydrogens (tertiary/aromatic N) is 1. The molecular weight excluding hydrogens is 285 g/mol. The third kappa shape index (κ3) is 6.70. The lowest BCUT2D eigenvalue weighted by molar-refractivity contribution is -0.144. The minimum atomic E-state index is -0.318. The Morgan fingerprint density at radius 2 is 1.82 bits per heavy atom. The van der Waals surface area contributed by atoms with Crippen molar-refractivity contribution in [1.82, 2.24) is 4.90 Å².